The van der Waals surface area contributed by atoms with Crippen LogP contribution in [0.5, 0.6) is 34.5 Å². The monoisotopic (exact) mass is 1170 g/mol. The van der Waals surface area contributed by atoms with Crippen molar-refractivity contribution in [1.29, 1.82) is 0 Å². The average molecular weight is 1170 g/mol. The summed E-state index contributed by atoms with van der Waals surface area (Å²) in [7, 11) is 0. The second-order valence-corrected chi connectivity index (χ2v) is 22.2. The van der Waals surface area contributed by atoms with Crippen molar-refractivity contribution < 1.29 is 67.0 Å². The van der Waals surface area contributed by atoms with Crippen LogP contribution in [0.3, 0.4) is 0 Å². The molecule has 2 saturated carbocycles. The molecule has 0 saturated heterocycles. The molecular formula is C66H81N3O14S. The Labute approximate surface area is 497 Å². The quantitative estimate of drug-likeness (QED) is 0.00761. The number of carbonyl (C=O) groups is 5. The first-order valence-electron chi connectivity index (χ1n) is 29.8. The van der Waals surface area contributed by atoms with Gasteiger partial charge in [0.05, 0.1) is 60.6 Å². The summed E-state index contributed by atoms with van der Waals surface area (Å²) in [6.45, 7) is 11.4. The Morgan fingerprint density at radius 1 is 0.595 bits per heavy atom. The molecule has 0 amide bonds. The Hall–Kier alpha value is -7.57. The Morgan fingerprint density at radius 3 is 1.64 bits per heavy atom. The molecule has 450 valence electrons. The molecule has 2 aliphatic carbocycles. The van der Waals surface area contributed by atoms with E-state index in [1.807, 2.05) is 29.3 Å². The fourth-order valence-corrected chi connectivity index (χ4v) is 10.9. The molecule has 5 aromatic rings. The van der Waals surface area contributed by atoms with Crippen LogP contribution in [-0.4, -0.2) is 85.4 Å². The first-order valence-corrected chi connectivity index (χ1v) is 30.6. The number of nitrogens with zero attached hydrogens (tertiary/aromatic N) is 3. The molecule has 4 aromatic carbocycles. The lowest BCUT2D eigenvalue weighted by Gasteiger charge is -2.30. The molecule has 0 spiro atoms. The van der Waals surface area contributed by atoms with Crippen molar-refractivity contribution in [2.24, 2.45) is 28.8 Å². The predicted molar refractivity (Wildman–Crippen MR) is 323 cm³/mol. The van der Waals surface area contributed by atoms with Gasteiger partial charge in [-0.25, -0.2) is 19.6 Å². The Balaban J connectivity index is 0.910. The number of rotatable bonds is 35. The average Bonchev–Trinajstić information content (AvgIpc) is 3.86. The van der Waals surface area contributed by atoms with Gasteiger partial charge in [-0.15, -0.1) is 0 Å². The molecule has 18 heteroatoms. The number of ether oxygens (including phenoxy) is 8. The highest BCUT2D eigenvalue weighted by Gasteiger charge is 2.34. The summed E-state index contributed by atoms with van der Waals surface area (Å²) in [6, 6.07) is 26.9. The lowest BCUT2D eigenvalue weighted by atomic mass is 9.81. The molecular weight excluding hydrogens is 1090 g/mol. The van der Waals surface area contributed by atoms with E-state index in [0.29, 0.717) is 113 Å². The van der Waals surface area contributed by atoms with E-state index in [0.717, 1.165) is 105 Å². The maximum atomic E-state index is 14.0. The second-order valence-electron chi connectivity index (χ2n) is 21.2. The van der Waals surface area contributed by atoms with Gasteiger partial charge in [0.25, 0.3) is 0 Å². The van der Waals surface area contributed by atoms with E-state index in [1.165, 1.54) is 0 Å². The second kappa shape index (κ2) is 34.9. The zero-order valence-electron chi connectivity index (χ0n) is 48.4. The van der Waals surface area contributed by atoms with Crippen LogP contribution in [0.1, 0.15) is 141 Å². The third-order valence-electron chi connectivity index (χ3n) is 14.9. The minimum Gasteiger partial charge on any atom is -0.494 e. The van der Waals surface area contributed by atoms with Gasteiger partial charge < -0.3 is 43.0 Å². The van der Waals surface area contributed by atoms with Gasteiger partial charge in [0.15, 0.2) is 6.29 Å². The normalized spacial score (nSPS) is 17.1. The van der Waals surface area contributed by atoms with Crippen LogP contribution in [0.25, 0.3) is 10.2 Å². The van der Waals surface area contributed by atoms with E-state index in [4.69, 9.17) is 48.0 Å². The molecule has 17 nitrogen and oxygen atoms in total. The van der Waals surface area contributed by atoms with Crippen LogP contribution in [0.4, 0.5) is 5.13 Å². The first kappa shape index (κ1) is 64.0. The number of aliphatic hydroxyl groups is 1. The number of aliphatic hydroxyl groups excluding tert-OH is 1. The number of anilines is 1. The number of carbonyl (C=O) groups excluding carboxylic acids is 5. The number of hydrogen-bond acceptors (Lipinski definition) is 18. The lowest BCUT2D eigenvalue weighted by molar-refractivity contribution is -0.145. The van der Waals surface area contributed by atoms with Gasteiger partial charge in [-0.2, -0.15) is 5.10 Å². The van der Waals surface area contributed by atoms with Gasteiger partial charge in [-0.3, -0.25) is 14.4 Å². The van der Waals surface area contributed by atoms with Crippen LogP contribution >= 0.6 is 11.3 Å². The summed E-state index contributed by atoms with van der Waals surface area (Å²) in [5.41, 5.74) is 1.31. The number of benzene rings is 4. The van der Waals surface area contributed by atoms with Gasteiger partial charge in [-0.1, -0.05) is 62.8 Å². The summed E-state index contributed by atoms with van der Waals surface area (Å²) in [4.78, 5) is 68.3. The van der Waals surface area contributed by atoms with E-state index in [2.05, 4.69) is 20.1 Å². The highest BCUT2D eigenvalue weighted by Crippen LogP contribution is 2.36. The predicted octanol–water partition coefficient (Wildman–Crippen LogP) is 13.5. The molecule has 1 unspecified atom stereocenters. The SMILES string of the molecule is C=CC(=O)OCCCCCCOc1ccc(OC(=O)C2CCC(C(=O)Oc3ccc(OC(=O)C4CCC(C(O)Oc5ccc(OCCCCCCOC(=O)C=C)cc5)CC4)cc3/C=N\N(CCCCCC)c3nc4ccccc4s3)CC2)cc1. The van der Waals surface area contributed by atoms with Gasteiger partial charge in [0, 0.05) is 30.2 Å². The summed E-state index contributed by atoms with van der Waals surface area (Å²) >= 11 is 1.54. The molecule has 1 N–H and O–H groups in total. The van der Waals surface area contributed by atoms with Crippen molar-refractivity contribution in [3.8, 4) is 34.5 Å². The maximum Gasteiger partial charge on any atom is 0.330 e. The maximum absolute atomic E-state index is 14.0. The number of esters is 5. The van der Waals surface area contributed by atoms with Crippen LogP contribution in [0, 0.1) is 23.7 Å². The number of para-hydroxylation sites is 1. The van der Waals surface area contributed by atoms with Crippen molar-refractivity contribution in [2.45, 2.75) is 142 Å². The highest BCUT2D eigenvalue weighted by atomic mass is 32.1. The minimum absolute atomic E-state index is 0.181. The van der Waals surface area contributed by atoms with Crippen molar-refractivity contribution in [3.05, 3.63) is 122 Å². The van der Waals surface area contributed by atoms with Crippen LogP contribution in [0.15, 0.2) is 121 Å². The fourth-order valence-electron chi connectivity index (χ4n) is 9.99. The Kier molecular flexibility index (Phi) is 26.6. The number of unbranched alkanes of at least 4 members (excludes halogenated alkanes) is 9. The van der Waals surface area contributed by atoms with E-state index >= 15 is 0 Å². The van der Waals surface area contributed by atoms with E-state index in [1.54, 1.807) is 84.3 Å². The molecule has 1 heterocycles. The molecule has 2 aliphatic rings. The van der Waals surface area contributed by atoms with Gasteiger partial charge in [0.2, 0.25) is 5.13 Å². The molecule has 2 fully saturated rings. The summed E-state index contributed by atoms with van der Waals surface area (Å²) < 4.78 is 46.6. The van der Waals surface area contributed by atoms with Crippen LogP contribution in [0.2, 0.25) is 0 Å². The van der Waals surface area contributed by atoms with Crippen molar-refractivity contribution >= 4 is 62.7 Å². The molecule has 0 aliphatic heterocycles. The number of thiazole rings is 1. The molecule has 1 atom stereocenters. The molecule has 7 rings (SSSR count). The molecule has 0 radical (unpaired) electrons. The van der Waals surface area contributed by atoms with Crippen LogP contribution < -0.4 is 33.4 Å². The zero-order chi connectivity index (χ0) is 59.3. The summed E-state index contributed by atoms with van der Waals surface area (Å²) in [5.74, 6) is -0.597. The van der Waals surface area contributed by atoms with Gasteiger partial charge in [0.1, 0.15) is 34.5 Å². The van der Waals surface area contributed by atoms with Crippen molar-refractivity contribution in [3.63, 3.8) is 0 Å². The number of hydrogen-bond donors (Lipinski definition) is 1. The third kappa shape index (κ3) is 21.2. The van der Waals surface area contributed by atoms with E-state index in [9.17, 15) is 29.1 Å². The third-order valence-corrected chi connectivity index (χ3v) is 16.0. The smallest absolute Gasteiger partial charge is 0.330 e. The lowest BCUT2D eigenvalue weighted by Crippen LogP contribution is -2.33. The largest absolute Gasteiger partial charge is 0.494 e. The highest BCUT2D eigenvalue weighted by molar-refractivity contribution is 7.22. The minimum atomic E-state index is -1.06. The molecule has 1 aromatic heterocycles. The van der Waals surface area contributed by atoms with Crippen molar-refractivity contribution in [1.82, 2.24) is 4.98 Å². The zero-order valence-corrected chi connectivity index (χ0v) is 49.2. The van der Waals surface area contributed by atoms with E-state index < -0.39 is 42.0 Å². The molecule has 84 heavy (non-hydrogen) atoms. The van der Waals surface area contributed by atoms with Gasteiger partial charge >= 0.3 is 29.8 Å². The molecule has 0 bridgehead atoms. The van der Waals surface area contributed by atoms with Gasteiger partial charge in [-0.05, 0) is 188 Å². The standard InChI is InChI=1S/C66H81N3O14S/c1-4-7-8-15-40-69(66-68-57-20-13-14-21-59(57)84-66)67-46-51-45-56(82-64(74)49-24-22-47(23-25-49)62(72)80-54-34-30-52(31-35-54)76-41-16-9-11-18-43-78-60(70)5-2)38-39-58(51)83-65(75)50-28-26-48(27-29-50)63(73)81-55-36-32-53(33-37-55)77-42-17-10-12-19-44-79-61(71)6-3/h5-6,13-14,20-21,30-39,45-50,62,72H,2-4,7-12,15-19,22-29,40-44H2,1H3/b67-46-. The Bertz CT molecular complexity index is 2880. The Morgan fingerprint density at radius 2 is 1.08 bits per heavy atom. The number of aromatic nitrogens is 1. The van der Waals surface area contributed by atoms with Crippen LogP contribution in [-0.2, 0) is 33.4 Å². The summed E-state index contributed by atoms with van der Waals surface area (Å²) in [5, 5.41) is 18.6. The van der Waals surface area contributed by atoms with E-state index in [-0.39, 0.29) is 29.3 Å². The number of fused-ring (bicyclic) bond motifs is 1. The topological polar surface area (TPSA) is 208 Å². The number of hydrazone groups is 1. The summed E-state index contributed by atoms with van der Waals surface area (Å²) in [6.07, 6.45) is 17.9. The fraction of sp³-hybridized carbons (Fsp3) is 0.470. The first-order chi connectivity index (χ1) is 41.0. The van der Waals surface area contributed by atoms with Crippen molar-refractivity contribution in [2.75, 3.05) is 38.0 Å².